The van der Waals surface area contributed by atoms with E-state index < -0.39 is 0 Å². The Morgan fingerprint density at radius 2 is 2.20 bits per heavy atom. The Kier molecular flexibility index (Phi) is 5.19. The summed E-state index contributed by atoms with van der Waals surface area (Å²) in [6.45, 7) is 6.27. The van der Waals surface area contributed by atoms with Gasteiger partial charge in [0.1, 0.15) is 5.76 Å². The minimum absolute atomic E-state index is 0.361. The molecule has 1 rings (SSSR count). The zero-order chi connectivity index (χ0) is 11.1. The van der Waals surface area contributed by atoms with Crippen molar-refractivity contribution in [3.63, 3.8) is 0 Å². The van der Waals surface area contributed by atoms with Crippen molar-refractivity contribution in [1.29, 1.82) is 0 Å². The smallest absolute Gasteiger partial charge is 0.180 e. The van der Waals surface area contributed by atoms with Crippen molar-refractivity contribution in [2.75, 3.05) is 12.8 Å². The summed E-state index contributed by atoms with van der Waals surface area (Å²) in [7, 11) is 0. The molecule has 0 aromatic carbocycles. The van der Waals surface area contributed by atoms with E-state index in [1.165, 1.54) is 19.2 Å². The quantitative estimate of drug-likeness (QED) is 0.778. The van der Waals surface area contributed by atoms with Gasteiger partial charge in [0.05, 0.1) is 12.7 Å². The number of nitrogens with zero attached hydrogens (tertiary/aromatic N) is 1. The largest absolute Gasteiger partial charge is 0.447 e. The van der Waals surface area contributed by atoms with Crippen LogP contribution in [0.2, 0.25) is 0 Å². The number of thioether (sulfide) groups is 1. The first-order chi connectivity index (χ1) is 7.26. The van der Waals surface area contributed by atoms with Crippen LogP contribution in [0.5, 0.6) is 0 Å². The van der Waals surface area contributed by atoms with E-state index >= 15 is 0 Å². The average molecular weight is 228 g/mol. The molecule has 1 aromatic heterocycles. The third-order valence-corrected chi connectivity index (χ3v) is 4.54. The van der Waals surface area contributed by atoms with E-state index in [-0.39, 0.29) is 0 Å². The summed E-state index contributed by atoms with van der Waals surface area (Å²) in [4.78, 5) is 3.89. The van der Waals surface area contributed by atoms with Gasteiger partial charge in [-0.25, -0.2) is 4.98 Å². The van der Waals surface area contributed by atoms with Crippen molar-refractivity contribution in [1.82, 2.24) is 10.3 Å². The second-order valence-electron chi connectivity index (χ2n) is 3.67. The molecule has 86 valence electrons. The molecule has 0 bridgehead atoms. The van der Waals surface area contributed by atoms with Crippen molar-refractivity contribution in [2.24, 2.45) is 0 Å². The highest BCUT2D eigenvalue weighted by Gasteiger charge is 2.24. The molecule has 0 fully saturated rings. The molecule has 1 N–H and O–H groups in total. The fraction of sp³-hybridized carbons (Fsp3) is 0.727. The third-order valence-electron chi connectivity index (χ3n) is 2.95. The van der Waals surface area contributed by atoms with Gasteiger partial charge in [-0.05, 0) is 19.1 Å². The normalized spacial score (nSPS) is 11.9. The first-order valence-corrected chi connectivity index (χ1v) is 6.62. The van der Waals surface area contributed by atoms with E-state index in [0.29, 0.717) is 4.75 Å². The third kappa shape index (κ3) is 3.54. The van der Waals surface area contributed by atoms with Crippen LogP contribution < -0.4 is 5.32 Å². The van der Waals surface area contributed by atoms with Crippen molar-refractivity contribution in [3.8, 4) is 0 Å². The van der Waals surface area contributed by atoms with E-state index in [4.69, 9.17) is 4.42 Å². The van der Waals surface area contributed by atoms with Crippen LogP contribution in [0.15, 0.2) is 17.0 Å². The molecule has 0 amide bonds. The summed E-state index contributed by atoms with van der Waals surface area (Å²) in [5.41, 5.74) is 0. The fourth-order valence-electron chi connectivity index (χ4n) is 1.60. The van der Waals surface area contributed by atoms with Gasteiger partial charge in [0.25, 0.3) is 0 Å². The van der Waals surface area contributed by atoms with Gasteiger partial charge in [0.15, 0.2) is 6.39 Å². The average Bonchev–Trinajstić information content (AvgIpc) is 2.78. The van der Waals surface area contributed by atoms with Gasteiger partial charge in [-0.3, -0.25) is 0 Å². The van der Waals surface area contributed by atoms with Crippen LogP contribution in [-0.4, -0.2) is 22.5 Å². The molecule has 1 heterocycles. The summed E-state index contributed by atoms with van der Waals surface area (Å²) in [6, 6.07) is 0. The van der Waals surface area contributed by atoms with Gasteiger partial charge in [-0.15, -0.1) is 0 Å². The summed E-state index contributed by atoms with van der Waals surface area (Å²) in [6.07, 6.45) is 7.79. The lowest BCUT2D eigenvalue weighted by molar-refractivity contribution is 0.447. The van der Waals surface area contributed by atoms with E-state index in [1.54, 1.807) is 6.20 Å². The lowest BCUT2D eigenvalue weighted by Crippen LogP contribution is -2.36. The lowest BCUT2D eigenvalue weighted by atomic mass is 10.0. The minimum atomic E-state index is 0.361. The monoisotopic (exact) mass is 228 g/mol. The van der Waals surface area contributed by atoms with Crippen LogP contribution in [0.1, 0.15) is 32.4 Å². The molecule has 4 heteroatoms. The SMILES string of the molecule is CCC(CC)(CNCc1cnco1)SC. The van der Waals surface area contributed by atoms with Gasteiger partial charge in [-0.2, -0.15) is 11.8 Å². The van der Waals surface area contributed by atoms with Crippen LogP contribution in [0, 0.1) is 0 Å². The molecule has 0 saturated heterocycles. The first kappa shape index (κ1) is 12.6. The van der Waals surface area contributed by atoms with E-state index in [0.717, 1.165) is 18.8 Å². The summed E-state index contributed by atoms with van der Waals surface area (Å²) < 4.78 is 5.53. The minimum Gasteiger partial charge on any atom is -0.447 e. The van der Waals surface area contributed by atoms with Crippen LogP contribution in [0.4, 0.5) is 0 Å². The summed E-state index contributed by atoms with van der Waals surface area (Å²) in [5, 5.41) is 3.43. The van der Waals surface area contributed by atoms with Gasteiger partial charge in [0, 0.05) is 11.3 Å². The number of aromatic nitrogens is 1. The van der Waals surface area contributed by atoms with E-state index in [1.807, 2.05) is 11.8 Å². The van der Waals surface area contributed by atoms with Crippen LogP contribution in [0.3, 0.4) is 0 Å². The Labute approximate surface area is 96.0 Å². The first-order valence-electron chi connectivity index (χ1n) is 5.39. The standard InChI is InChI=1S/C11H20N2OS/c1-4-11(5-2,15-3)8-12-6-10-7-13-9-14-10/h7,9,12H,4-6,8H2,1-3H3. The number of oxazole rings is 1. The second kappa shape index (κ2) is 6.18. The molecule has 0 aliphatic rings. The van der Waals surface area contributed by atoms with Gasteiger partial charge < -0.3 is 9.73 Å². The Morgan fingerprint density at radius 3 is 2.67 bits per heavy atom. The van der Waals surface area contributed by atoms with Crippen molar-refractivity contribution in [3.05, 3.63) is 18.4 Å². The van der Waals surface area contributed by atoms with Crippen molar-refractivity contribution in [2.45, 2.75) is 38.0 Å². The molecule has 0 radical (unpaired) electrons. The Hall–Kier alpha value is -0.480. The highest BCUT2D eigenvalue weighted by atomic mass is 32.2. The molecule has 0 atom stereocenters. The number of hydrogen-bond acceptors (Lipinski definition) is 4. The molecule has 1 aromatic rings. The zero-order valence-corrected chi connectivity index (χ0v) is 10.6. The molecule has 0 saturated carbocycles. The predicted molar refractivity (Wildman–Crippen MR) is 65.0 cm³/mol. The van der Waals surface area contributed by atoms with Gasteiger partial charge >= 0.3 is 0 Å². The molecule has 15 heavy (non-hydrogen) atoms. The summed E-state index contributed by atoms with van der Waals surface area (Å²) in [5.74, 6) is 0.900. The van der Waals surface area contributed by atoms with Crippen LogP contribution in [-0.2, 0) is 6.54 Å². The van der Waals surface area contributed by atoms with Crippen molar-refractivity contribution >= 4 is 11.8 Å². The maximum atomic E-state index is 5.17. The number of rotatable bonds is 7. The predicted octanol–water partition coefficient (Wildman–Crippen LogP) is 2.69. The Morgan fingerprint density at radius 1 is 1.47 bits per heavy atom. The molecule has 0 unspecified atom stereocenters. The second-order valence-corrected chi connectivity index (χ2v) is 4.94. The fourth-order valence-corrected chi connectivity index (χ4v) is 2.43. The Balaban J connectivity index is 2.34. The maximum Gasteiger partial charge on any atom is 0.180 e. The molecule has 0 spiro atoms. The molecular weight excluding hydrogens is 208 g/mol. The van der Waals surface area contributed by atoms with E-state index in [2.05, 4.69) is 30.4 Å². The molecule has 0 aliphatic carbocycles. The molecular formula is C11H20N2OS. The topological polar surface area (TPSA) is 38.1 Å². The highest BCUT2D eigenvalue weighted by molar-refractivity contribution is 8.00. The maximum absolute atomic E-state index is 5.17. The van der Waals surface area contributed by atoms with Gasteiger partial charge in [-0.1, -0.05) is 13.8 Å². The lowest BCUT2D eigenvalue weighted by Gasteiger charge is -2.29. The van der Waals surface area contributed by atoms with Crippen molar-refractivity contribution < 1.29 is 4.42 Å². The molecule has 3 nitrogen and oxygen atoms in total. The van der Waals surface area contributed by atoms with E-state index in [9.17, 15) is 0 Å². The van der Waals surface area contributed by atoms with Crippen LogP contribution in [0.25, 0.3) is 0 Å². The zero-order valence-electron chi connectivity index (χ0n) is 9.75. The molecule has 0 aliphatic heterocycles. The van der Waals surface area contributed by atoms with Crippen LogP contribution >= 0.6 is 11.8 Å². The van der Waals surface area contributed by atoms with Gasteiger partial charge in [0.2, 0.25) is 0 Å². The number of hydrogen-bond donors (Lipinski definition) is 1. The number of nitrogens with one attached hydrogen (secondary N) is 1. The Bertz CT molecular complexity index is 249. The summed E-state index contributed by atoms with van der Waals surface area (Å²) >= 11 is 1.95. The highest BCUT2D eigenvalue weighted by Crippen LogP contribution is 2.29.